The summed E-state index contributed by atoms with van der Waals surface area (Å²) in [5.41, 5.74) is 1.65. The Morgan fingerprint density at radius 3 is 2.24 bits per heavy atom. The summed E-state index contributed by atoms with van der Waals surface area (Å²) in [6.45, 7) is 6.36. The van der Waals surface area contributed by atoms with Gasteiger partial charge in [-0.2, -0.15) is 0 Å². The van der Waals surface area contributed by atoms with Crippen molar-refractivity contribution in [2.75, 3.05) is 40.1 Å². The third-order valence-corrected chi connectivity index (χ3v) is 7.41. The number of amides is 1. The number of ether oxygens (including phenoxy) is 3. The Balaban J connectivity index is 0.00000400. The molecule has 200 valence electrons. The summed E-state index contributed by atoms with van der Waals surface area (Å²) < 4.78 is 16.3. The Kier molecular flexibility index (Phi) is 11.3. The first-order valence-electron chi connectivity index (χ1n) is 13.2. The van der Waals surface area contributed by atoms with E-state index in [1.807, 2.05) is 52.3 Å². The molecule has 38 heavy (non-hydrogen) atoms. The van der Waals surface area contributed by atoms with Gasteiger partial charge >= 0.3 is 29.6 Å². The second-order valence-corrected chi connectivity index (χ2v) is 9.80. The minimum Gasteiger partial charge on any atom is -0.550 e. The van der Waals surface area contributed by atoms with Crippen LogP contribution in [-0.4, -0.2) is 61.8 Å². The molecule has 0 aliphatic carbocycles. The monoisotopic (exact) mass is 532 g/mol. The minimum atomic E-state index is -1.13. The fourth-order valence-electron chi connectivity index (χ4n) is 5.39. The van der Waals surface area contributed by atoms with E-state index in [1.165, 1.54) is 0 Å². The molecule has 3 atom stereocenters. The predicted molar refractivity (Wildman–Crippen MR) is 138 cm³/mol. The molecular formula is C29H37N2NaO6. The van der Waals surface area contributed by atoms with Gasteiger partial charge in [0.2, 0.25) is 12.7 Å². The van der Waals surface area contributed by atoms with Gasteiger partial charge in [-0.05, 0) is 48.2 Å². The maximum atomic E-state index is 13.5. The standard InChI is InChI=1S/C29H38N2O6.Na/c1-4-6-14-30(15-7-5-2)26(32)18-31-17-23(21-10-13-24-25(16-21)37-19-36-24)27(29(33)34)28(31)20-8-11-22(35-3)12-9-20;/h8-13,16,23,27-28H,4-7,14-15,17-19H2,1-3H3,(H,33,34);/q;+1/p-1. The van der Waals surface area contributed by atoms with Gasteiger partial charge in [0.05, 0.1) is 13.7 Å². The average molecular weight is 533 g/mol. The number of unbranched alkanes of at least 4 members (excludes halogenated alkanes) is 2. The third-order valence-electron chi connectivity index (χ3n) is 7.41. The maximum absolute atomic E-state index is 13.5. The molecule has 1 fully saturated rings. The fourth-order valence-corrected chi connectivity index (χ4v) is 5.39. The van der Waals surface area contributed by atoms with E-state index < -0.39 is 17.9 Å². The van der Waals surface area contributed by atoms with Crippen molar-refractivity contribution in [3.63, 3.8) is 0 Å². The molecule has 0 aromatic heterocycles. The van der Waals surface area contributed by atoms with Crippen molar-refractivity contribution in [3.05, 3.63) is 53.6 Å². The summed E-state index contributed by atoms with van der Waals surface area (Å²) in [6.07, 6.45) is 3.90. The summed E-state index contributed by atoms with van der Waals surface area (Å²) in [7, 11) is 1.59. The molecule has 4 rings (SSSR count). The molecule has 0 radical (unpaired) electrons. The smallest absolute Gasteiger partial charge is 0.550 e. The van der Waals surface area contributed by atoms with E-state index in [9.17, 15) is 14.7 Å². The number of aliphatic carboxylic acids is 1. The molecule has 2 aliphatic rings. The van der Waals surface area contributed by atoms with Gasteiger partial charge in [-0.25, -0.2) is 0 Å². The van der Waals surface area contributed by atoms with Crippen LogP contribution in [0.3, 0.4) is 0 Å². The number of carboxylic acid groups (broad SMARTS) is 1. The van der Waals surface area contributed by atoms with Crippen molar-refractivity contribution in [2.24, 2.45) is 5.92 Å². The predicted octanol–water partition coefficient (Wildman–Crippen LogP) is 0.363. The molecule has 2 aliphatic heterocycles. The van der Waals surface area contributed by atoms with Crippen molar-refractivity contribution in [3.8, 4) is 17.2 Å². The summed E-state index contributed by atoms with van der Waals surface area (Å²) in [4.78, 5) is 30.1. The van der Waals surface area contributed by atoms with Gasteiger partial charge in [0, 0.05) is 43.5 Å². The van der Waals surface area contributed by atoms with Crippen LogP contribution in [-0.2, 0) is 9.59 Å². The summed E-state index contributed by atoms with van der Waals surface area (Å²) in [6, 6.07) is 12.4. The summed E-state index contributed by atoms with van der Waals surface area (Å²) in [5, 5.41) is 12.7. The van der Waals surface area contributed by atoms with Crippen LogP contribution in [0.1, 0.15) is 62.6 Å². The molecule has 2 heterocycles. The molecule has 0 spiro atoms. The van der Waals surface area contributed by atoms with Gasteiger partial charge in [-0.15, -0.1) is 0 Å². The largest absolute Gasteiger partial charge is 1.00 e. The van der Waals surface area contributed by atoms with Crippen molar-refractivity contribution in [2.45, 2.75) is 51.5 Å². The van der Waals surface area contributed by atoms with Crippen molar-refractivity contribution in [1.29, 1.82) is 0 Å². The number of hydrogen-bond acceptors (Lipinski definition) is 7. The Bertz CT molecular complexity index is 1070. The van der Waals surface area contributed by atoms with Gasteiger partial charge < -0.3 is 29.0 Å². The average Bonchev–Trinajstić information content (AvgIpc) is 3.53. The van der Waals surface area contributed by atoms with Crippen molar-refractivity contribution < 1.29 is 58.5 Å². The molecule has 2 aromatic rings. The molecule has 0 saturated carbocycles. The van der Waals surface area contributed by atoms with Crippen LogP contribution in [0.2, 0.25) is 0 Å². The van der Waals surface area contributed by atoms with Gasteiger partial charge in [0.25, 0.3) is 0 Å². The van der Waals surface area contributed by atoms with E-state index in [2.05, 4.69) is 13.8 Å². The molecule has 9 heteroatoms. The Morgan fingerprint density at radius 1 is 1.00 bits per heavy atom. The molecule has 0 bridgehead atoms. The minimum absolute atomic E-state index is 0. The van der Waals surface area contributed by atoms with Crippen LogP contribution in [0.5, 0.6) is 17.2 Å². The number of carboxylic acids is 1. The van der Waals surface area contributed by atoms with Gasteiger partial charge in [0.1, 0.15) is 5.75 Å². The topological polar surface area (TPSA) is 91.4 Å². The van der Waals surface area contributed by atoms with E-state index in [1.54, 1.807) is 7.11 Å². The Labute approximate surface area is 247 Å². The molecule has 8 nitrogen and oxygen atoms in total. The van der Waals surface area contributed by atoms with Crippen LogP contribution in [0.25, 0.3) is 0 Å². The molecular weight excluding hydrogens is 495 g/mol. The van der Waals surface area contributed by atoms with Gasteiger partial charge in [-0.1, -0.05) is 44.9 Å². The zero-order chi connectivity index (χ0) is 26.4. The number of likely N-dealkylation sites (tertiary alicyclic amines) is 1. The SMILES string of the molecule is CCCCN(CCCC)C(=O)CN1CC(c2ccc3c(c2)OCO3)C(C(=O)[O-])C1c1ccc(OC)cc1.[Na+]. The van der Waals surface area contributed by atoms with Crippen LogP contribution < -0.4 is 48.9 Å². The van der Waals surface area contributed by atoms with E-state index in [0.29, 0.717) is 36.9 Å². The Hall–Kier alpha value is -2.26. The number of benzene rings is 2. The number of carbonyl (C=O) groups excluding carboxylic acids is 2. The number of fused-ring (bicyclic) bond motifs is 1. The molecule has 1 saturated heterocycles. The maximum Gasteiger partial charge on any atom is 1.00 e. The third kappa shape index (κ3) is 6.84. The fraction of sp³-hybridized carbons (Fsp3) is 0.517. The van der Waals surface area contributed by atoms with Crippen LogP contribution in [0.15, 0.2) is 42.5 Å². The molecule has 3 unspecified atom stereocenters. The number of rotatable bonds is 12. The van der Waals surface area contributed by atoms with E-state index >= 15 is 0 Å². The molecule has 0 N–H and O–H groups in total. The number of carbonyl (C=O) groups is 2. The Morgan fingerprint density at radius 2 is 1.63 bits per heavy atom. The first kappa shape index (κ1) is 30.3. The quantitative estimate of drug-likeness (QED) is 0.365. The number of nitrogens with zero attached hydrogens (tertiary/aromatic N) is 2. The normalized spacial score (nSPS) is 20.1. The van der Waals surface area contributed by atoms with Crippen molar-refractivity contribution in [1.82, 2.24) is 9.80 Å². The summed E-state index contributed by atoms with van der Waals surface area (Å²) >= 11 is 0. The van der Waals surface area contributed by atoms with E-state index in [-0.39, 0.29) is 54.7 Å². The first-order chi connectivity index (χ1) is 18.0. The number of methoxy groups -OCH3 is 1. The zero-order valence-corrected chi connectivity index (χ0v) is 25.0. The second kappa shape index (κ2) is 14.2. The molecule has 1 amide bonds. The van der Waals surface area contributed by atoms with Crippen LogP contribution >= 0.6 is 0 Å². The second-order valence-electron chi connectivity index (χ2n) is 9.80. The van der Waals surface area contributed by atoms with E-state index in [0.717, 1.165) is 36.8 Å². The van der Waals surface area contributed by atoms with Crippen LogP contribution in [0, 0.1) is 5.92 Å². The zero-order valence-electron chi connectivity index (χ0n) is 23.0. The van der Waals surface area contributed by atoms with Crippen molar-refractivity contribution >= 4 is 11.9 Å². The van der Waals surface area contributed by atoms with Gasteiger partial charge in [-0.3, -0.25) is 9.69 Å². The van der Waals surface area contributed by atoms with Crippen LogP contribution in [0.4, 0.5) is 0 Å². The van der Waals surface area contributed by atoms with Gasteiger partial charge in [0.15, 0.2) is 11.5 Å². The van der Waals surface area contributed by atoms with E-state index in [4.69, 9.17) is 14.2 Å². The number of hydrogen-bond donors (Lipinski definition) is 0. The first-order valence-corrected chi connectivity index (χ1v) is 13.2. The molecule has 2 aromatic carbocycles. The summed E-state index contributed by atoms with van der Waals surface area (Å²) in [5.74, 6) is -0.382.